The molecule has 1 N–H and O–H groups in total. The van der Waals surface area contributed by atoms with Crippen LogP contribution in [0.1, 0.15) is 5.56 Å². The fourth-order valence-corrected chi connectivity index (χ4v) is 3.42. The lowest BCUT2D eigenvalue weighted by atomic mass is 10.2. The molecule has 0 spiro atoms. The van der Waals surface area contributed by atoms with Crippen LogP contribution in [-0.4, -0.2) is 11.7 Å². The highest BCUT2D eigenvalue weighted by atomic mass is 35.5. The van der Waals surface area contributed by atoms with Gasteiger partial charge < -0.3 is 5.32 Å². The average Bonchev–Trinajstić information content (AvgIpc) is 2.40. The number of hydrogen-bond acceptors (Lipinski definition) is 2. The Labute approximate surface area is 142 Å². The fraction of sp³-hybridized carbons (Fsp3) is 0.133. The number of rotatable bonds is 4. The maximum atomic E-state index is 12.0. The minimum atomic E-state index is -0.173. The van der Waals surface area contributed by atoms with E-state index >= 15 is 0 Å². The molecule has 0 saturated carbocycles. The van der Waals surface area contributed by atoms with Gasteiger partial charge in [-0.25, -0.2) is 0 Å². The third kappa shape index (κ3) is 4.82. The molecule has 2 rings (SSSR count). The predicted molar refractivity (Wildman–Crippen MR) is 92.0 cm³/mol. The van der Waals surface area contributed by atoms with Crippen molar-refractivity contribution >= 4 is 58.2 Å². The smallest absolute Gasteiger partial charge is 0.234 e. The molecule has 2 nitrogen and oxygen atoms in total. The molecule has 21 heavy (non-hydrogen) atoms. The lowest BCUT2D eigenvalue weighted by Crippen LogP contribution is -2.14. The van der Waals surface area contributed by atoms with Crippen LogP contribution in [0, 0.1) is 6.92 Å². The first kappa shape index (κ1) is 16.5. The predicted octanol–water partition coefficient (Wildman–Crippen LogP) is 5.69. The number of halogens is 3. The van der Waals surface area contributed by atoms with Crippen molar-refractivity contribution in [3.8, 4) is 0 Å². The molecule has 0 fully saturated rings. The monoisotopic (exact) mass is 359 g/mol. The van der Waals surface area contributed by atoms with Crippen molar-refractivity contribution in [3.63, 3.8) is 0 Å². The second kappa shape index (κ2) is 7.41. The molecule has 1 amide bonds. The van der Waals surface area contributed by atoms with Crippen LogP contribution < -0.4 is 5.32 Å². The number of carbonyl (C=O) groups excluding carboxylic acids is 1. The highest BCUT2D eigenvalue weighted by Gasteiger charge is 2.11. The number of hydrogen-bond donors (Lipinski definition) is 1. The van der Waals surface area contributed by atoms with Gasteiger partial charge in [0.2, 0.25) is 5.91 Å². The van der Waals surface area contributed by atoms with Gasteiger partial charge in [-0.2, -0.15) is 0 Å². The number of nitrogens with one attached hydrogen (secondary N) is 1. The van der Waals surface area contributed by atoms with E-state index in [1.165, 1.54) is 23.9 Å². The van der Waals surface area contributed by atoms with Gasteiger partial charge in [0, 0.05) is 9.92 Å². The zero-order valence-corrected chi connectivity index (χ0v) is 14.2. The molecule has 0 radical (unpaired) electrons. The summed E-state index contributed by atoms with van der Waals surface area (Å²) in [5.74, 6) is 0.103. The van der Waals surface area contributed by atoms with Crippen molar-refractivity contribution in [1.29, 1.82) is 0 Å². The summed E-state index contributed by atoms with van der Waals surface area (Å²) in [7, 11) is 0. The molecule has 0 heterocycles. The summed E-state index contributed by atoms with van der Waals surface area (Å²) in [5.41, 5.74) is 1.54. The summed E-state index contributed by atoms with van der Waals surface area (Å²) in [6, 6.07) is 11.0. The van der Waals surface area contributed by atoms with E-state index in [2.05, 4.69) is 5.32 Å². The second-order valence-corrected chi connectivity index (χ2v) is 6.70. The molecule has 6 heteroatoms. The zero-order chi connectivity index (χ0) is 15.4. The standard InChI is InChI=1S/C15H12Cl3NOS/c1-9-3-2-4-11(5-9)21-8-14(20)19-15-12(17)6-10(16)7-13(15)18/h2-7H,8H2,1H3,(H,19,20). The van der Waals surface area contributed by atoms with E-state index in [9.17, 15) is 4.79 Å². The Morgan fingerprint density at radius 3 is 2.43 bits per heavy atom. The van der Waals surface area contributed by atoms with E-state index in [4.69, 9.17) is 34.8 Å². The van der Waals surface area contributed by atoms with E-state index in [1.807, 2.05) is 31.2 Å². The first-order valence-electron chi connectivity index (χ1n) is 6.09. The van der Waals surface area contributed by atoms with Crippen LogP contribution in [0.2, 0.25) is 15.1 Å². The normalized spacial score (nSPS) is 10.5. The van der Waals surface area contributed by atoms with Gasteiger partial charge in [0.05, 0.1) is 21.5 Å². The summed E-state index contributed by atoms with van der Waals surface area (Å²) in [4.78, 5) is 13.0. The average molecular weight is 361 g/mol. The van der Waals surface area contributed by atoms with E-state index < -0.39 is 0 Å². The third-order valence-electron chi connectivity index (χ3n) is 2.63. The minimum Gasteiger partial charge on any atom is -0.323 e. The van der Waals surface area contributed by atoms with Crippen LogP contribution in [0.15, 0.2) is 41.3 Å². The van der Waals surface area contributed by atoms with Gasteiger partial charge in [-0.05, 0) is 31.2 Å². The Morgan fingerprint density at radius 2 is 1.81 bits per heavy atom. The molecule has 2 aromatic rings. The first-order valence-corrected chi connectivity index (χ1v) is 8.21. The Morgan fingerprint density at radius 1 is 1.14 bits per heavy atom. The Kier molecular flexibility index (Phi) is 5.82. The van der Waals surface area contributed by atoms with Gasteiger partial charge in [-0.1, -0.05) is 52.5 Å². The van der Waals surface area contributed by atoms with E-state index in [1.54, 1.807) is 0 Å². The minimum absolute atomic E-state index is 0.173. The van der Waals surface area contributed by atoms with E-state index in [0.717, 1.165) is 10.5 Å². The molecule has 0 aliphatic carbocycles. The van der Waals surface area contributed by atoms with Crippen molar-refractivity contribution in [3.05, 3.63) is 57.0 Å². The van der Waals surface area contributed by atoms with Crippen LogP contribution >= 0.6 is 46.6 Å². The second-order valence-electron chi connectivity index (χ2n) is 4.40. The highest BCUT2D eigenvalue weighted by molar-refractivity contribution is 8.00. The topological polar surface area (TPSA) is 29.1 Å². The Bertz CT molecular complexity index is 653. The molecule has 2 aromatic carbocycles. The SMILES string of the molecule is Cc1cccc(SCC(=O)Nc2c(Cl)cc(Cl)cc2Cl)c1. The van der Waals surface area contributed by atoms with Gasteiger partial charge >= 0.3 is 0 Å². The molecule has 0 aromatic heterocycles. The largest absolute Gasteiger partial charge is 0.323 e. The molecule has 0 saturated heterocycles. The van der Waals surface area contributed by atoms with Crippen LogP contribution in [0.5, 0.6) is 0 Å². The summed E-state index contributed by atoms with van der Waals surface area (Å²) >= 11 is 19.3. The van der Waals surface area contributed by atoms with Gasteiger partial charge in [0.1, 0.15) is 0 Å². The number of aryl methyl sites for hydroxylation is 1. The number of anilines is 1. The fourth-order valence-electron chi connectivity index (χ4n) is 1.69. The van der Waals surface area contributed by atoms with Crippen molar-refractivity contribution in [2.45, 2.75) is 11.8 Å². The van der Waals surface area contributed by atoms with Gasteiger partial charge in [0.25, 0.3) is 0 Å². The molecule has 0 unspecified atom stereocenters. The number of benzene rings is 2. The molecule has 0 atom stereocenters. The Balaban J connectivity index is 1.99. The summed E-state index contributed by atoms with van der Waals surface area (Å²) in [6.45, 7) is 2.01. The third-order valence-corrected chi connectivity index (χ3v) is 4.44. The number of amides is 1. The van der Waals surface area contributed by atoms with Crippen molar-refractivity contribution in [1.82, 2.24) is 0 Å². The van der Waals surface area contributed by atoms with Crippen LogP contribution in [-0.2, 0) is 4.79 Å². The van der Waals surface area contributed by atoms with Crippen molar-refractivity contribution in [2.75, 3.05) is 11.1 Å². The molecule has 0 aliphatic rings. The highest BCUT2D eigenvalue weighted by Crippen LogP contribution is 2.33. The van der Waals surface area contributed by atoms with Gasteiger partial charge in [0.15, 0.2) is 0 Å². The lowest BCUT2D eigenvalue weighted by Gasteiger charge is -2.10. The lowest BCUT2D eigenvalue weighted by molar-refractivity contribution is -0.113. The number of thioether (sulfide) groups is 1. The Hall–Kier alpha value is -0.870. The van der Waals surface area contributed by atoms with Crippen molar-refractivity contribution < 1.29 is 4.79 Å². The summed E-state index contributed by atoms with van der Waals surface area (Å²) in [5, 5.41) is 3.78. The van der Waals surface area contributed by atoms with E-state index in [0.29, 0.717) is 20.8 Å². The van der Waals surface area contributed by atoms with Gasteiger partial charge in [-0.15, -0.1) is 11.8 Å². The van der Waals surface area contributed by atoms with Crippen molar-refractivity contribution in [2.24, 2.45) is 0 Å². The maximum absolute atomic E-state index is 12.0. The molecule has 0 aliphatic heterocycles. The molecular formula is C15H12Cl3NOS. The van der Waals surface area contributed by atoms with Crippen LogP contribution in [0.25, 0.3) is 0 Å². The van der Waals surface area contributed by atoms with Crippen LogP contribution in [0.3, 0.4) is 0 Å². The maximum Gasteiger partial charge on any atom is 0.234 e. The molecular weight excluding hydrogens is 349 g/mol. The zero-order valence-electron chi connectivity index (χ0n) is 11.1. The summed E-state index contributed by atoms with van der Waals surface area (Å²) in [6.07, 6.45) is 0. The summed E-state index contributed by atoms with van der Waals surface area (Å²) < 4.78 is 0. The molecule has 0 bridgehead atoms. The van der Waals surface area contributed by atoms with E-state index in [-0.39, 0.29) is 11.7 Å². The first-order chi connectivity index (χ1) is 9.95. The quantitative estimate of drug-likeness (QED) is 0.710. The number of carbonyl (C=O) groups is 1. The van der Waals surface area contributed by atoms with Crippen LogP contribution in [0.4, 0.5) is 5.69 Å². The van der Waals surface area contributed by atoms with Gasteiger partial charge in [-0.3, -0.25) is 4.79 Å². The molecule has 110 valence electrons.